The van der Waals surface area contributed by atoms with Gasteiger partial charge in [0.15, 0.2) is 4.96 Å². The van der Waals surface area contributed by atoms with Crippen LogP contribution in [0.3, 0.4) is 0 Å². The number of thiophene rings is 1. The van der Waals surface area contributed by atoms with E-state index >= 15 is 0 Å². The van der Waals surface area contributed by atoms with E-state index in [4.69, 9.17) is 0 Å². The summed E-state index contributed by atoms with van der Waals surface area (Å²) in [7, 11) is 0. The summed E-state index contributed by atoms with van der Waals surface area (Å²) in [4.78, 5) is 8.46. The maximum atomic E-state index is 4.55. The van der Waals surface area contributed by atoms with Crippen LogP contribution in [-0.4, -0.2) is 9.38 Å². The second kappa shape index (κ2) is 5.22. The second-order valence-electron chi connectivity index (χ2n) is 4.15. The van der Waals surface area contributed by atoms with Gasteiger partial charge >= 0.3 is 0 Å². The monoisotopic (exact) mass is 277 g/mol. The minimum Gasteiger partial charge on any atom is -0.306 e. The molecule has 94 valence electrons. The number of nitrogens with one attached hydrogen (secondary N) is 1. The van der Waals surface area contributed by atoms with Crippen molar-refractivity contribution in [2.75, 3.05) is 0 Å². The minimum atomic E-state index is 0.827. The third-order valence-electron chi connectivity index (χ3n) is 2.81. The van der Waals surface area contributed by atoms with E-state index in [1.807, 2.05) is 17.5 Å². The lowest BCUT2D eigenvalue weighted by atomic mass is 10.3. The van der Waals surface area contributed by atoms with Crippen LogP contribution < -0.4 is 5.32 Å². The SMILES string of the molecule is CCc1ccc(CNCc2cn3ccsc3n2)s1. The molecule has 0 aromatic carbocycles. The molecular weight excluding hydrogens is 262 g/mol. The van der Waals surface area contributed by atoms with Crippen molar-refractivity contribution in [2.24, 2.45) is 0 Å². The zero-order valence-electron chi connectivity index (χ0n) is 10.2. The van der Waals surface area contributed by atoms with Crippen LogP contribution in [0, 0.1) is 0 Å². The molecule has 18 heavy (non-hydrogen) atoms. The van der Waals surface area contributed by atoms with E-state index in [2.05, 4.69) is 45.3 Å². The quantitative estimate of drug-likeness (QED) is 0.775. The first-order valence-electron chi connectivity index (χ1n) is 6.04. The number of thiazole rings is 1. The standard InChI is InChI=1S/C13H15N3S2/c1-2-11-3-4-12(18-11)8-14-7-10-9-16-5-6-17-13(16)15-10/h3-6,9,14H,2,7-8H2,1H3. The lowest BCUT2D eigenvalue weighted by molar-refractivity contribution is 0.690. The molecule has 1 N–H and O–H groups in total. The Hall–Kier alpha value is -1.17. The van der Waals surface area contributed by atoms with Gasteiger partial charge in [-0.2, -0.15) is 0 Å². The Labute approximate surface area is 114 Å². The van der Waals surface area contributed by atoms with E-state index in [9.17, 15) is 0 Å². The smallest absolute Gasteiger partial charge is 0.193 e. The number of imidazole rings is 1. The largest absolute Gasteiger partial charge is 0.306 e. The molecule has 3 heterocycles. The maximum Gasteiger partial charge on any atom is 0.193 e. The molecule has 0 aliphatic rings. The van der Waals surface area contributed by atoms with Gasteiger partial charge in [0.1, 0.15) is 0 Å². The molecule has 0 saturated heterocycles. The minimum absolute atomic E-state index is 0.827. The Morgan fingerprint density at radius 3 is 2.94 bits per heavy atom. The van der Waals surface area contributed by atoms with Gasteiger partial charge < -0.3 is 5.32 Å². The lowest BCUT2D eigenvalue weighted by Crippen LogP contribution is -2.11. The van der Waals surface area contributed by atoms with Gasteiger partial charge in [-0.15, -0.1) is 22.7 Å². The van der Waals surface area contributed by atoms with E-state index < -0.39 is 0 Å². The zero-order chi connectivity index (χ0) is 12.4. The number of nitrogens with zero attached hydrogens (tertiary/aromatic N) is 2. The van der Waals surface area contributed by atoms with E-state index in [1.54, 1.807) is 11.3 Å². The molecule has 3 aromatic rings. The van der Waals surface area contributed by atoms with Crippen LogP contribution in [0.5, 0.6) is 0 Å². The molecule has 5 heteroatoms. The van der Waals surface area contributed by atoms with E-state index in [0.717, 1.165) is 30.2 Å². The van der Waals surface area contributed by atoms with E-state index in [1.165, 1.54) is 9.75 Å². The van der Waals surface area contributed by atoms with Crippen molar-refractivity contribution in [3.05, 3.63) is 45.4 Å². The van der Waals surface area contributed by atoms with Gasteiger partial charge in [0.05, 0.1) is 5.69 Å². The lowest BCUT2D eigenvalue weighted by Gasteiger charge is -1.99. The van der Waals surface area contributed by atoms with Gasteiger partial charge in [-0.05, 0) is 18.6 Å². The highest BCUT2D eigenvalue weighted by atomic mass is 32.1. The third kappa shape index (κ3) is 2.48. The first kappa shape index (κ1) is 11.9. The summed E-state index contributed by atoms with van der Waals surface area (Å²) >= 11 is 3.56. The Bertz CT molecular complexity index is 607. The van der Waals surface area contributed by atoms with Crippen LogP contribution >= 0.6 is 22.7 Å². The topological polar surface area (TPSA) is 29.3 Å². The number of aromatic nitrogens is 2. The van der Waals surface area contributed by atoms with Gasteiger partial charge in [0.2, 0.25) is 0 Å². The molecule has 0 spiro atoms. The number of hydrogen-bond donors (Lipinski definition) is 1. The van der Waals surface area contributed by atoms with Crippen LogP contribution in [-0.2, 0) is 19.5 Å². The van der Waals surface area contributed by atoms with Crippen LogP contribution in [0.1, 0.15) is 22.4 Å². The third-order valence-corrected chi connectivity index (χ3v) is 4.81. The molecule has 3 rings (SSSR count). The fourth-order valence-electron chi connectivity index (χ4n) is 1.88. The fraction of sp³-hybridized carbons (Fsp3) is 0.308. The molecule has 0 aliphatic carbocycles. The van der Waals surface area contributed by atoms with Crippen molar-refractivity contribution in [1.82, 2.24) is 14.7 Å². The Morgan fingerprint density at radius 2 is 2.17 bits per heavy atom. The highest BCUT2D eigenvalue weighted by Crippen LogP contribution is 2.17. The van der Waals surface area contributed by atoms with Crippen molar-refractivity contribution < 1.29 is 0 Å². The molecular formula is C13H15N3S2. The Morgan fingerprint density at radius 1 is 1.28 bits per heavy atom. The first-order valence-corrected chi connectivity index (χ1v) is 7.74. The average molecular weight is 277 g/mol. The zero-order valence-corrected chi connectivity index (χ0v) is 11.9. The summed E-state index contributed by atoms with van der Waals surface area (Å²) in [5.74, 6) is 0. The number of rotatable bonds is 5. The molecule has 0 aliphatic heterocycles. The highest BCUT2D eigenvalue weighted by molar-refractivity contribution is 7.15. The molecule has 0 fully saturated rings. The van der Waals surface area contributed by atoms with Gasteiger partial charge in [-0.25, -0.2) is 4.98 Å². The molecule has 0 atom stereocenters. The molecule has 0 amide bonds. The number of hydrogen-bond acceptors (Lipinski definition) is 4. The molecule has 3 nitrogen and oxygen atoms in total. The summed E-state index contributed by atoms with van der Waals surface area (Å²) in [5, 5.41) is 5.50. The number of fused-ring (bicyclic) bond motifs is 1. The molecule has 0 radical (unpaired) electrons. The summed E-state index contributed by atoms with van der Waals surface area (Å²) in [6, 6.07) is 4.43. The summed E-state index contributed by atoms with van der Waals surface area (Å²) in [6.45, 7) is 3.95. The van der Waals surface area contributed by atoms with Crippen molar-refractivity contribution in [2.45, 2.75) is 26.4 Å². The molecule has 0 unspecified atom stereocenters. The van der Waals surface area contributed by atoms with Crippen LogP contribution in [0.2, 0.25) is 0 Å². The molecule has 0 saturated carbocycles. The molecule has 3 aromatic heterocycles. The first-order chi connectivity index (χ1) is 8.85. The molecule has 0 bridgehead atoms. The number of aryl methyl sites for hydroxylation is 1. The second-order valence-corrected chi connectivity index (χ2v) is 6.28. The van der Waals surface area contributed by atoms with Crippen LogP contribution in [0.15, 0.2) is 29.9 Å². The summed E-state index contributed by atoms with van der Waals surface area (Å²) in [6.07, 6.45) is 5.26. The van der Waals surface area contributed by atoms with Crippen LogP contribution in [0.25, 0.3) is 4.96 Å². The van der Waals surface area contributed by atoms with Gasteiger partial charge in [0.25, 0.3) is 0 Å². The maximum absolute atomic E-state index is 4.55. The fourth-order valence-corrected chi connectivity index (χ4v) is 3.53. The van der Waals surface area contributed by atoms with E-state index in [-0.39, 0.29) is 0 Å². The average Bonchev–Trinajstić information content (AvgIpc) is 3.03. The predicted molar refractivity (Wildman–Crippen MR) is 77.3 cm³/mol. The van der Waals surface area contributed by atoms with Gasteiger partial charge in [-0.1, -0.05) is 6.92 Å². The predicted octanol–water partition coefficient (Wildman–Crippen LogP) is 3.31. The normalized spacial score (nSPS) is 11.4. The van der Waals surface area contributed by atoms with Crippen molar-refractivity contribution in [3.63, 3.8) is 0 Å². The summed E-state index contributed by atoms with van der Waals surface area (Å²) in [5.41, 5.74) is 1.11. The van der Waals surface area contributed by atoms with Crippen LogP contribution in [0.4, 0.5) is 0 Å². The summed E-state index contributed by atoms with van der Waals surface area (Å²) < 4.78 is 2.07. The van der Waals surface area contributed by atoms with Gasteiger partial charge in [-0.3, -0.25) is 4.40 Å². The van der Waals surface area contributed by atoms with Crippen molar-refractivity contribution >= 4 is 27.6 Å². The van der Waals surface area contributed by atoms with Crippen molar-refractivity contribution in [1.29, 1.82) is 0 Å². The van der Waals surface area contributed by atoms with Crippen molar-refractivity contribution in [3.8, 4) is 0 Å². The highest BCUT2D eigenvalue weighted by Gasteiger charge is 2.03. The van der Waals surface area contributed by atoms with E-state index in [0.29, 0.717) is 0 Å². The van der Waals surface area contributed by atoms with Gasteiger partial charge in [0, 0.05) is 40.6 Å². The Balaban J connectivity index is 1.56. The Kier molecular flexibility index (Phi) is 3.45.